The molecule has 4 heteroatoms. The average molecular weight is 326 g/mol. The Labute approximate surface area is 144 Å². The number of methoxy groups -OCH3 is 1. The molecule has 2 rings (SSSR count). The van der Waals surface area contributed by atoms with Crippen molar-refractivity contribution in [1.29, 1.82) is 0 Å². The van der Waals surface area contributed by atoms with Gasteiger partial charge in [0, 0.05) is 6.54 Å². The molecule has 0 heterocycles. The fraction of sp³-hybridized carbons (Fsp3) is 0.350. The normalized spacial score (nSPS) is 11.7. The van der Waals surface area contributed by atoms with Gasteiger partial charge in [0.2, 0.25) is 0 Å². The van der Waals surface area contributed by atoms with Crippen molar-refractivity contribution in [3.8, 4) is 5.75 Å². The van der Waals surface area contributed by atoms with Gasteiger partial charge in [0.25, 0.3) is 0 Å². The lowest BCUT2D eigenvalue weighted by molar-refractivity contribution is 0.236. The van der Waals surface area contributed by atoms with Crippen molar-refractivity contribution in [2.75, 3.05) is 7.11 Å². The molecule has 24 heavy (non-hydrogen) atoms. The van der Waals surface area contributed by atoms with E-state index in [4.69, 9.17) is 4.74 Å². The lowest BCUT2D eigenvalue weighted by Crippen LogP contribution is -2.37. The summed E-state index contributed by atoms with van der Waals surface area (Å²) in [4.78, 5) is 12.2. The first-order valence-corrected chi connectivity index (χ1v) is 8.28. The summed E-state index contributed by atoms with van der Waals surface area (Å²) in [6.45, 7) is 6.71. The minimum absolute atomic E-state index is 0.0185. The zero-order valence-corrected chi connectivity index (χ0v) is 14.8. The van der Waals surface area contributed by atoms with Crippen LogP contribution < -0.4 is 15.4 Å². The maximum Gasteiger partial charge on any atom is 0.315 e. The largest absolute Gasteiger partial charge is 0.497 e. The average Bonchev–Trinajstić information content (AvgIpc) is 2.59. The minimum atomic E-state index is -0.155. The van der Waals surface area contributed by atoms with E-state index in [9.17, 15) is 4.79 Å². The van der Waals surface area contributed by atoms with Crippen LogP contribution in [0.3, 0.4) is 0 Å². The number of nitrogens with one attached hydrogen (secondary N) is 2. The third-order valence-corrected chi connectivity index (χ3v) is 4.17. The van der Waals surface area contributed by atoms with Crippen molar-refractivity contribution >= 4 is 6.03 Å². The van der Waals surface area contributed by atoms with Crippen LogP contribution >= 0.6 is 0 Å². The number of amides is 2. The first-order chi connectivity index (χ1) is 11.5. The standard InChI is InChI=1S/C20H26N2O2/c1-5-19(16-8-10-18(24-4)11-9-16)22-20(23)21-13-17-7-6-14(2)12-15(17)3/h6-12,19H,5,13H2,1-4H3,(H2,21,22,23). The van der Waals surface area contributed by atoms with Gasteiger partial charge in [0.1, 0.15) is 5.75 Å². The van der Waals surface area contributed by atoms with Gasteiger partial charge in [0.15, 0.2) is 0 Å². The lowest BCUT2D eigenvalue weighted by atomic mass is 10.0. The molecule has 2 aromatic rings. The SMILES string of the molecule is CCC(NC(=O)NCc1ccc(C)cc1C)c1ccc(OC)cc1. The highest BCUT2D eigenvalue weighted by Gasteiger charge is 2.12. The number of ether oxygens (including phenoxy) is 1. The molecule has 0 aliphatic rings. The fourth-order valence-corrected chi connectivity index (χ4v) is 2.69. The van der Waals surface area contributed by atoms with Crippen LogP contribution in [0.5, 0.6) is 5.75 Å². The number of hydrogen-bond donors (Lipinski definition) is 2. The summed E-state index contributed by atoms with van der Waals surface area (Å²) >= 11 is 0. The Hall–Kier alpha value is -2.49. The van der Waals surface area contributed by atoms with Gasteiger partial charge >= 0.3 is 6.03 Å². The Balaban J connectivity index is 1.93. The number of carbonyl (C=O) groups excluding carboxylic acids is 1. The molecule has 2 N–H and O–H groups in total. The molecule has 0 saturated heterocycles. The Morgan fingerprint density at radius 3 is 2.42 bits per heavy atom. The van der Waals surface area contributed by atoms with E-state index in [1.54, 1.807) is 7.11 Å². The van der Waals surface area contributed by atoms with E-state index in [0.29, 0.717) is 6.54 Å². The molecule has 2 amide bonds. The van der Waals surface area contributed by atoms with Crippen LogP contribution in [0.15, 0.2) is 42.5 Å². The van der Waals surface area contributed by atoms with Gasteiger partial charge in [-0.05, 0) is 49.1 Å². The van der Waals surface area contributed by atoms with E-state index in [2.05, 4.69) is 49.6 Å². The second-order valence-corrected chi connectivity index (χ2v) is 5.99. The second-order valence-electron chi connectivity index (χ2n) is 5.99. The molecular formula is C20H26N2O2. The van der Waals surface area contributed by atoms with E-state index in [-0.39, 0.29) is 12.1 Å². The minimum Gasteiger partial charge on any atom is -0.497 e. The first-order valence-electron chi connectivity index (χ1n) is 8.28. The van der Waals surface area contributed by atoms with Gasteiger partial charge in [-0.1, -0.05) is 42.8 Å². The van der Waals surface area contributed by atoms with Gasteiger partial charge in [-0.2, -0.15) is 0 Å². The predicted molar refractivity (Wildman–Crippen MR) is 97.3 cm³/mol. The number of aryl methyl sites for hydroxylation is 2. The zero-order valence-electron chi connectivity index (χ0n) is 14.8. The molecule has 0 aromatic heterocycles. The summed E-state index contributed by atoms with van der Waals surface area (Å²) in [5, 5.41) is 5.97. The fourth-order valence-electron chi connectivity index (χ4n) is 2.69. The lowest BCUT2D eigenvalue weighted by Gasteiger charge is -2.18. The first kappa shape index (κ1) is 17.9. The van der Waals surface area contributed by atoms with Crippen LogP contribution in [-0.4, -0.2) is 13.1 Å². The molecule has 1 unspecified atom stereocenters. The molecule has 0 bridgehead atoms. The summed E-state index contributed by atoms with van der Waals surface area (Å²) < 4.78 is 5.17. The van der Waals surface area contributed by atoms with Crippen molar-refractivity contribution in [3.05, 3.63) is 64.7 Å². The molecule has 0 aliphatic heterocycles. The topological polar surface area (TPSA) is 50.4 Å². The van der Waals surface area contributed by atoms with Crippen LogP contribution in [0.2, 0.25) is 0 Å². The van der Waals surface area contributed by atoms with Crippen LogP contribution in [0.1, 0.15) is 41.6 Å². The summed E-state index contributed by atoms with van der Waals surface area (Å²) in [5.74, 6) is 0.813. The number of hydrogen-bond acceptors (Lipinski definition) is 2. The van der Waals surface area contributed by atoms with Crippen molar-refractivity contribution in [3.63, 3.8) is 0 Å². The summed E-state index contributed by atoms with van der Waals surface area (Å²) in [6, 6.07) is 13.9. The van der Waals surface area contributed by atoms with Gasteiger partial charge in [-0.15, -0.1) is 0 Å². The Morgan fingerprint density at radius 2 is 1.83 bits per heavy atom. The summed E-state index contributed by atoms with van der Waals surface area (Å²) in [6.07, 6.45) is 0.823. The van der Waals surface area contributed by atoms with Crippen molar-refractivity contribution in [2.45, 2.75) is 39.8 Å². The number of carbonyl (C=O) groups is 1. The molecule has 1 atom stereocenters. The van der Waals surface area contributed by atoms with E-state index in [1.807, 2.05) is 24.3 Å². The maximum atomic E-state index is 12.2. The molecular weight excluding hydrogens is 300 g/mol. The molecule has 0 spiro atoms. The monoisotopic (exact) mass is 326 g/mol. The molecule has 2 aromatic carbocycles. The highest BCUT2D eigenvalue weighted by molar-refractivity contribution is 5.74. The quantitative estimate of drug-likeness (QED) is 0.833. The smallest absolute Gasteiger partial charge is 0.315 e. The second kappa shape index (κ2) is 8.39. The number of rotatable bonds is 6. The molecule has 4 nitrogen and oxygen atoms in total. The van der Waals surface area contributed by atoms with E-state index >= 15 is 0 Å². The van der Waals surface area contributed by atoms with Gasteiger partial charge in [-0.3, -0.25) is 0 Å². The predicted octanol–water partition coefficient (Wildman–Crippen LogP) is 4.26. The van der Waals surface area contributed by atoms with Gasteiger partial charge < -0.3 is 15.4 Å². The van der Waals surface area contributed by atoms with E-state index < -0.39 is 0 Å². The highest BCUT2D eigenvalue weighted by Crippen LogP contribution is 2.20. The van der Waals surface area contributed by atoms with Crippen molar-refractivity contribution in [2.24, 2.45) is 0 Å². The molecule has 0 saturated carbocycles. The third-order valence-electron chi connectivity index (χ3n) is 4.17. The summed E-state index contributed by atoms with van der Waals surface area (Å²) in [5.41, 5.74) is 4.62. The highest BCUT2D eigenvalue weighted by atomic mass is 16.5. The number of benzene rings is 2. The van der Waals surface area contributed by atoms with E-state index in [1.165, 1.54) is 11.1 Å². The Bertz CT molecular complexity index is 681. The van der Waals surface area contributed by atoms with Crippen LogP contribution in [0, 0.1) is 13.8 Å². The number of urea groups is 1. The van der Waals surface area contributed by atoms with E-state index in [0.717, 1.165) is 23.3 Å². The molecule has 128 valence electrons. The molecule has 0 fully saturated rings. The van der Waals surface area contributed by atoms with Crippen molar-refractivity contribution in [1.82, 2.24) is 10.6 Å². The third kappa shape index (κ3) is 4.75. The van der Waals surface area contributed by atoms with Crippen molar-refractivity contribution < 1.29 is 9.53 Å². The van der Waals surface area contributed by atoms with Crippen LogP contribution in [0.25, 0.3) is 0 Å². The maximum absolute atomic E-state index is 12.2. The Kier molecular flexibility index (Phi) is 6.24. The van der Waals surface area contributed by atoms with Crippen LogP contribution in [-0.2, 0) is 6.54 Å². The van der Waals surface area contributed by atoms with Gasteiger partial charge in [0.05, 0.1) is 13.2 Å². The molecule has 0 aliphatic carbocycles. The van der Waals surface area contributed by atoms with Gasteiger partial charge in [-0.25, -0.2) is 4.79 Å². The Morgan fingerprint density at radius 1 is 1.12 bits per heavy atom. The summed E-state index contributed by atoms with van der Waals surface area (Å²) in [7, 11) is 1.64. The van der Waals surface area contributed by atoms with Crippen LogP contribution in [0.4, 0.5) is 4.79 Å². The zero-order chi connectivity index (χ0) is 17.5. The molecule has 0 radical (unpaired) electrons.